The average Bonchev–Trinajstić information content (AvgIpc) is 2.29. The minimum atomic E-state index is 0.356. The molecule has 0 radical (unpaired) electrons. The Labute approximate surface area is 88.4 Å². The van der Waals surface area contributed by atoms with Gasteiger partial charge in [-0.05, 0) is 18.2 Å². The molecule has 1 aromatic carbocycles. The summed E-state index contributed by atoms with van der Waals surface area (Å²) in [4.78, 5) is 20.7. The van der Waals surface area contributed by atoms with Crippen LogP contribution in [0.1, 0.15) is 22.3 Å². The number of hydrogen-bond acceptors (Lipinski definition) is 3. The van der Waals surface area contributed by atoms with E-state index in [2.05, 4.69) is 0 Å². The van der Waals surface area contributed by atoms with Crippen molar-refractivity contribution in [3.05, 3.63) is 35.4 Å². The Morgan fingerprint density at radius 1 is 1.33 bits per heavy atom. The molecule has 0 saturated carbocycles. The van der Waals surface area contributed by atoms with Gasteiger partial charge in [0.2, 0.25) is 0 Å². The summed E-state index contributed by atoms with van der Waals surface area (Å²) in [5.41, 5.74) is 1.38. The largest absolute Gasteiger partial charge is 0.496 e. The third-order valence-electron chi connectivity index (χ3n) is 1.92. The number of methoxy groups -OCH3 is 1. The molecule has 3 nitrogen and oxygen atoms in total. The molecule has 0 N–H and O–H groups in total. The van der Waals surface area contributed by atoms with Gasteiger partial charge in [-0.3, -0.25) is 4.79 Å². The predicted octanol–water partition coefficient (Wildman–Crippen LogP) is 2.11. The third kappa shape index (κ3) is 3.06. The number of ether oxygens (including phenoxy) is 1. The van der Waals surface area contributed by atoms with E-state index in [1.807, 2.05) is 0 Å². The van der Waals surface area contributed by atoms with Crippen LogP contribution >= 0.6 is 0 Å². The molecular weight excluding hydrogens is 192 g/mol. The van der Waals surface area contributed by atoms with Gasteiger partial charge in [-0.15, -0.1) is 0 Å². The summed E-state index contributed by atoms with van der Waals surface area (Å²) in [6, 6.07) is 5.13. The zero-order valence-electron chi connectivity index (χ0n) is 8.47. The molecule has 1 rings (SSSR count). The molecule has 0 heterocycles. The molecule has 78 valence electrons. The lowest BCUT2D eigenvalue weighted by molar-refractivity contribution is -0.107. The smallest absolute Gasteiger partial charge is 0.150 e. The van der Waals surface area contributed by atoms with Crippen molar-refractivity contribution >= 4 is 18.6 Å². The van der Waals surface area contributed by atoms with Gasteiger partial charge in [-0.1, -0.05) is 12.2 Å². The first-order valence-corrected chi connectivity index (χ1v) is 4.55. The maximum absolute atomic E-state index is 10.6. The zero-order valence-corrected chi connectivity index (χ0v) is 8.47. The van der Waals surface area contributed by atoms with Gasteiger partial charge in [0, 0.05) is 17.5 Å². The van der Waals surface area contributed by atoms with E-state index in [9.17, 15) is 9.59 Å². The normalized spacial score (nSPS) is 10.2. The number of aldehydes is 2. The van der Waals surface area contributed by atoms with E-state index in [0.29, 0.717) is 17.7 Å². The summed E-state index contributed by atoms with van der Waals surface area (Å²) >= 11 is 0. The SMILES string of the molecule is COc1ccc(C=O)cc1C=CCC=O. The number of hydrogen-bond donors (Lipinski definition) is 0. The van der Waals surface area contributed by atoms with Crippen LogP contribution in [0.2, 0.25) is 0 Å². The van der Waals surface area contributed by atoms with Crippen LogP contribution in [0.5, 0.6) is 5.75 Å². The van der Waals surface area contributed by atoms with Gasteiger partial charge in [-0.2, -0.15) is 0 Å². The highest BCUT2D eigenvalue weighted by Gasteiger charge is 2.00. The van der Waals surface area contributed by atoms with Crippen LogP contribution in [0.25, 0.3) is 6.08 Å². The Morgan fingerprint density at radius 3 is 2.73 bits per heavy atom. The van der Waals surface area contributed by atoms with Crippen molar-refractivity contribution in [3.8, 4) is 5.75 Å². The molecule has 0 aliphatic heterocycles. The maximum Gasteiger partial charge on any atom is 0.150 e. The van der Waals surface area contributed by atoms with Gasteiger partial charge in [0.25, 0.3) is 0 Å². The fourth-order valence-electron chi connectivity index (χ4n) is 1.21. The van der Waals surface area contributed by atoms with Crippen molar-refractivity contribution in [3.63, 3.8) is 0 Å². The Kier molecular flexibility index (Phi) is 4.29. The minimum Gasteiger partial charge on any atom is -0.496 e. The fraction of sp³-hybridized carbons (Fsp3) is 0.167. The number of carbonyl (C=O) groups is 2. The van der Waals surface area contributed by atoms with Crippen LogP contribution < -0.4 is 4.74 Å². The molecular formula is C12H12O3. The van der Waals surface area contributed by atoms with Gasteiger partial charge >= 0.3 is 0 Å². The monoisotopic (exact) mass is 204 g/mol. The van der Waals surface area contributed by atoms with Gasteiger partial charge < -0.3 is 9.53 Å². The summed E-state index contributed by atoms with van der Waals surface area (Å²) in [6.45, 7) is 0. The third-order valence-corrected chi connectivity index (χ3v) is 1.92. The van der Waals surface area contributed by atoms with Gasteiger partial charge in [-0.25, -0.2) is 0 Å². The molecule has 15 heavy (non-hydrogen) atoms. The van der Waals surface area contributed by atoms with E-state index in [-0.39, 0.29) is 0 Å². The highest BCUT2D eigenvalue weighted by molar-refractivity contribution is 5.77. The molecule has 0 fully saturated rings. The van der Waals surface area contributed by atoms with E-state index < -0.39 is 0 Å². The molecule has 0 atom stereocenters. The fourth-order valence-corrected chi connectivity index (χ4v) is 1.21. The lowest BCUT2D eigenvalue weighted by Gasteiger charge is -2.04. The Balaban J connectivity index is 3.00. The lowest BCUT2D eigenvalue weighted by Crippen LogP contribution is -1.89. The number of allylic oxidation sites excluding steroid dienone is 1. The molecule has 0 saturated heterocycles. The minimum absolute atomic E-state index is 0.356. The first-order valence-electron chi connectivity index (χ1n) is 4.55. The van der Waals surface area contributed by atoms with Crippen LogP contribution in [0, 0.1) is 0 Å². The molecule has 0 aliphatic rings. The van der Waals surface area contributed by atoms with E-state index in [4.69, 9.17) is 4.74 Å². The predicted molar refractivity (Wildman–Crippen MR) is 58.1 cm³/mol. The van der Waals surface area contributed by atoms with Crippen LogP contribution in [-0.4, -0.2) is 19.7 Å². The number of rotatable bonds is 5. The van der Waals surface area contributed by atoms with Crippen molar-refractivity contribution in [2.24, 2.45) is 0 Å². The lowest BCUT2D eigenvalue weighted by atomic mass is 10.1. The molecule has 0 spiro atoms. The van der Waals surface area contributed by atoms with E-state index in [1.165, 1.54) is 0 Å². The highest BCUT2D eigenvalue weighted by atomic mass is 16.5. The van der Waals surface area contributed by atoms with Crippen molar-refractivity contribution in [2.45, 2.75) is 6.42 Å². The van der Waals surface area contributed by atoms with Crippen LogP contribution in [0.15, 0.2) is 24.3 Å². The molecule has 1 aromatic rings. The molecule has 0 bridgehead atoms. The molecule has 0 aliphatic carbocycles. The second kappa shape index (κ2) is 5.75. The molecule has 0 unspecified atom stereocenters. The van der Waals surface area contributed by atoms with Crippen LogP contribution in [0.4, 0.5) is 0 Å². The summed E-state index contributed by atoms with van der Waals surface area (Å²) in [5.74, 6) is 0.683. The Bertz CT molecular complexity index is 380. The molecule has 3 heteroatoms. The van der Waals surface area contributed by atoms with Crippen LogP contribution in [-0.2, 0) is 4.79 Å². The summed E-state index contributed by atoms with van der Waals surface area (Å²) in [6.07, 6.45) is 5.43. The second-order valence-electron chi connectivity index (χ2n) is 2.92. The van der Waals surface area contributed by atoms with Gasteiger partial charge in [0.1, 0.15) is 18.3 Å². The van der Waals surface area contributed by atoms with E-state index >= 15 is 0 Å². The topological polar surface area (TPSA) is 43.4 Å². The van der Waals surface area contributed by atoms with Gasteiger partial charge in [0.15, 0.2) is 0 Å². The Morgan fingerprint density at radius 2 is 2.13 bits per heavy atom. The number of carbonyl (C=O) groups excluding carboxylic acids is 2. The van der Waals surface area contributed by atoms with Crippen molar-refractivity contribution in [1.82, 2.24) is 0 Å². The van der Waals surface area contributed by atoms with Crippen LogP contribution in [0.3, 0.4) is 0 Å². The van der Waals surface area contributed by atoms with Gasteiger partial charge in [0.05, 0.1) is 7.11 Å². The van der Waals surface area contributed by atoms with Crippen molar-refractivity contribution in [2.75, 3.05) is 7.11 Å². The second-order valence-corrected chi connectivity index (χ2v) is 2.92. The first-order chi connectivity index (χ1) is 7.31. The van der Waals surface area contributed by atoms with E-state index in [1.54, 1.807) is 37.5 Å². The summed E-state index contributed by atoms with van der Waals surface area (Å²) in [5, 5.41) is 0. The number of benzene rings is 1. The maximum atomic E-state index is 10.6. The average molecular weight is 204 g/mol. The standard InChI is InChI=1S/C12H12O3/c1-15-12-6-5-10(9-14)8-11(12)4-2-3-7-13/h2,4-9H,3H2,1H3. The summed E-state index contributed by atoms with van der Waals surface area (Å²) in [7, 11) is 1.56. The molecule has 0 amide bonds. The van der Waals surface area contributed by atoms with E-state index in [0.717, 1.165) is 18.1 Å². The zero-order chi connectivity index (χ0) is 11.1. The highest BCUT2D eigenvalue weighted by Crippen LogP contribution is 2.20. The first kappa shape index (κ1) is 11.2. The Hall–Kier alpha value is -1.90. The molecule has 0 aromatic heterocycles. The van der Waals surface area contributed by atoms with Crippen molar-refractivity contribution < 1.29 is 14.3 Å². The quantitative estimate of drug-likeness (QED) is 0.690. The van der Waals surface area contributed by atoms with Crippen molar-refractivity contribution in [1.29, 1.82) is 0 Å². The summed E-state index contributed by atoms with van der Waals surface area (Å²) < 4.78 is 5.12.